The Bertz CT molecular complexity index is 250. The third kappa shape index (κ3) is 4.67. The maximum Gasteiger partial charge on any atom is 0.508 e. The summed E-state index contributed by atoms with van der Waals surface area (Å²) in [5.74, 6) is 0. The molecule has 0 amide bonds. The van der Waals surface area contributed by atoms with E-state index < -0.39 is 23.3 Å². The Labute approximate surface area is 100 Å². The molecule has 1 rings (SSSR count). The topological polar surface area (TPSA) is 44.8 Å². The zero-order chi connectivity index (χ0) is 12.3. The molecule has 1 aliphatic rings. The van der Waals surface area contributed by atoms with E-state index in [0.717, 1.165) is 6.42 Å². The van der Waals surface area contributed by atoms with E-state index in [-0.39, 0.29) is 11.8 Å². The Hall–Kier alpha value is -0.336. The van der Waals surface area contributed by atoms with Gasteiger partial charge in [0.2, 0.25) is 0 Å². The fourth-order valence-electron chi connectivity index (χ4n) is 1.65. The van der Waals surface area contributed by atoms with E-state index in [1.54, 1.807) is 0 Å². The van der Waals surface area contributed by atoms with Crippen molar-refractivity contribution in [1.82, 2.24) is 0 Å². The first-order chi connectivity index (χ1) is 7.28. The average molecular weight is 262 g/mol. The molecule has 1 heterocycles. The van der Waals surface area contributed by atoms with Gasteiger partial charge in [-0.1, -0.05) is 13.1 Å². The molecule has 0 N–H and O–H groups in total. The first-order valence-electron chi connectivity index (χ1n) is 5.79. The third-order valence-corrected chi connectivity index (χ3v) is 5.57. The largest absolute Gasteiger partial charge is 0.508 e. The monoisotopic (exact) mass is 262 g/mol. The van der Waals surface area contributed by atoms with Gasteiger partial charge in [0.05, 0.1) is 8.80 Å². The molecular weight excluding hydrogens is 240 g/mol. The summed E-state index contributed by atoms with van der Waals surface area (Å²) in [5.41, 5.74) is 0.283. The van der Waals surface area contributed by atoms with Crippen LogP contribution in [0.4, 0.5) is 4.79 Å². The fourth-order valence-corrected chi connectivity index (χ4v) is 5.82. The second-order valence-electron chi connectivity index (χ2n) is 5.55. The summed E-state index contributed by atoms with van der Waals surface area (Å²) in [6.45, 7) is 11.5. The second-order valence-corrected chi connectivity index (χ2v) is 13.2. The van der Waals surface area contributed by atoms with E-state index >= 15 is 0 Å². The van der Waals surface area contributed by atoms with Gasteiger partial charge in [-0.2, -0.15) is 0 Å². The van der Waals surface area contributed by atoms with Crippen LogP contribution in [0, 0.1) is 0 Å². The molecule has 16 heavy (non-hydrogen) atoms. The molecule has 0 bridgehead atoms. The van der Waals surface area contributed by atoms with E-state index in [1.165, 1.54) is 0 Å². The SMILES string of the molecule is C[SiH](C)C(CC1COC(=O)O1)O[Si](C)(C)C. The zero-order valence-corrected chi connectivity index (χ0v) is 12.9. The van der Waals surface area contributed by atoms with Crippen molar-refractivity contribution in [3.63, 3.8) is 0 Å². The van der Waals surface area contributed by atoms with Crippen LogP contribution in [-0.2, 0) is 13.9 Å². The molecule has 94 valence electrons. The lowest BCUT2D eigenvalue weighted by Crippen LogP contribution is -2.41. The number of hydrogen-bond acceptors (Lipinski definition) is 4. The van der Waals surface area contributed by atoms with Crippen LogP contribution in [0.2, 0.25) is 32.7 Å². The number of cyclic esters (lactones) is 2. The highest BCUT2D eigenvalue weighted by Crippen LogP contribution is 2.19. The van der Waals surface area contributed by atoms with Gasteiger partial charge in [-0.05, 0) is 19.6 Å². The summed E-state index contributed by atoms with van der Waals surface area (Å²) < 4.78 is 16.0. The minimum Gasteiger partial charge on any atom is -0.430 e. The molecule has 1 fully saturated rings. The first-order valence-corrected chi connectivity index (χ1v) is 12.2. The Morgan fingerprint density at radius 1 is 1.50 bits per heavy atom. The quantitative estimate of drug-likeness (QED) is 0.562. The van der Waals surface area contributed by atoms with Gasteiger partial charge in [-0.15, -0.1) is 0 Å². The van der Waals surface area contributed by atoms with E-state index in [9.17, 15) is 4.79 Å². The number of hydrogen-bond donors (Lipinski definition) is 0. The standard InChI is InChI=1S/C10H22O4Si2/c1-15(2)9(14-16(3,4)5)6-8-7-12-10(11)13-8/h8-9,15H,6-7H2,1-5H3. The highest BCUT2D eigenvalue weighted by Gasteiger charge is 2.32. The Balaban J connectivity index is 2.48. The smallest absolute Gasteiger partial charge is 0.430 e. The van der Waals surface area contributed by atoms with Gasteiger partial charge in [0, 0.05) is 12.1 Å². The average Bonchev–Trinajstić information content (AvgIpc) is 2.47. The molecule has 0 saturated carbocycles. The molecule has 1 aliphatic heterocycles. The van der Waals surface area contributed by atoms with Crippen molar-refractivity contribution in [1.29, 1.82) is 0 Å². The predicted octanol–water partition coefficient (Wildman–Crippen LogP) is 2.16. The molecular formula is C10H22O4Si2. The van der Waals surface area contributed by atoms with Gasteiger partial charge in [0.1, 0.15) is 12.7 Å². The minimum absolute atomic E-state index is 0.108. The molecule has 2 unspecified atom stereocenters. The van der Waals surface area contributed by atoms with Crippen LogP contribution in [0.25, 0.3) is 0 Å². The molecule has 0 aliphatic carbocycles. The van der Waals surface area contributed by atoms with Crippen LogP contribution in [0.15, 0.2) is 0 Å². The maximum atomic E-state index is 10.8. The van der Waals surface area contributed by atoms with Gasteiger partial charge >= 0.3 is 6.16 Å². The van der Waals surface area contributed by atoms with E-state index in [1.807, 2.05) is 0 Å². The highest BCUT2D eigenvalue weighted by molar-refractivity contribution is 6.71. The highest BCUT2D eigenvalue weighted by atomic mass is 28.4. The fraction of sp³-hybridized carbons (Fsp3) is 0.900. The number of ether oxygens (including phenoxy) is 2. The molecule has 1 saturated heterocycles. The molecule has 6 heteroatoms. The predicted molar refractivity (Wildman–Crippen MR) is 67.9 cm³/mol. The number of carbonyl (C=O) groups excluding carboxylic acids is 1. The van der Waals surface area contributed by atoms with Gasteiger partial charge in [-0.3, -0.25) is 0 Å². The number of carbonyl (C=O) groups is 1. The van der Waals surface area contributed by atoms with Crippen molar-refractivity contribution < 1.29 is 18.7 Å². The van der Waals surface area contributed by atoms with Crippen LogP contribution in [-0.4, -0.2) is 41.7 Å². The van der Waals surface area contributed by atoms with Gasteiger partial charge < -0.3 is 13.9 Å². The van der Waals surface area contributed by atoms with Crippen LogP contribution in [0.3, 0.4) is 0 Å². The van der Waals surface area contributed by atoms with Gasteiger partial charge in [-0.25, -0.2) is 4.79 Å². The summed E-state index contributed by atoms with van der Waals surface area (Å²) in [5, 5.41) is 0. The Morgan fingerprint density at radius 3 is 2.50 bits per heavy atom. The minimum atomic E-state index is -1.52. The van der Waals surface area contributed by atoms with Crippen molar-refractivity contribution >= 4 is 23.3 Å². The summed E-state index contributed by atoms with van der Waals surface area (Å²) in [7, 11) is -2.41. The summed E-state index contributed by atoms with van der Waals surface area (Å²) in [6, 6.07) is 0. The molecule has 0 radical (unpaired) electrons. The van der Waals surface area contributed by atoms with Crippen LogP contribution in [0.5, 0.6) is 0 Å². The van der Waals surface area contributed by atoms with Gasteiger partial charge in [0.15, 0.2) is 8.32 Å². The van der Waals surface area contributed by atoms with Crippen LogP contribution in [0.1, 0.15) is 6.42 Å². The summed E-state index contributed by atoms with van der Waals surface area (Å²) in [6.07, 6.45) is 0.144. The van der Waals surface area contributed by atoms with E-state index in [2.05, 4.69) is 32.7 Å². The molecule has 0 spiro atoms. The zero-order valence-electron chi connectivity index (χ0n) is 10.8. The molecule has 0 aromatic carbocycles. The van der Waals surface area contributed by atoms with Gasteiger partial charge in [0.25, 0.3) is 0 Å². The lowest BCUT2D eigenvalue weighted by atomic mass is 10.3. The van der Waals surface area contributed by atoms with Crippen molar-refractivity contribution in [2.45, 2.75) is 51.0 Å². The molecule has 0 aromatic heterocycles. The summed E-state index contributed by atoms with van der Waals surface area (Å²) in [4.78, 5) is 10.8. The van der Waals surface area contributed by atoms with E-state index in [0.29, 0.717) is 6.61 Å². The lowest BCUT2D eigenvalue weighted by Gasteiger charge is -2.29. The Morgan fingerprint density at radius 2 is 2.12 bits per heavy atom. The van der Waals surface area contributed by atoms with Crippen molar-refractivity contribution in [2.24, 2.45) is 0 Å². The molecule has 4 nitrogen and oxygen atoms in total. The third-order valence-electron chi connectivity index (χ3n) is 2.39. The van der Waals surface area contributed by atoms with Crippen LogP contribution < -0.4 is 0 Å². The first kappa shape index (κ1) is 13.7. The lowest BCUT2D eigenvalue weighted by molar-refractivity contribution is 0.105. The van der Waals surface area contributed by atoms with E-state index in [4.69, 9.17) is 13.9 Å². The van der Waals surface area contributed by atoms with Crippen LogP contribution >= 0.6 is 0 Å². The molecule has 0 aromatic rings. The molecule has 2 atom stereocenters. The Kier molecular flexibility index (Phi) is 4.57. The van der Waals surface area contributed by atoms with Crippen molar-refractivity contribution in [3.05, 3.63) is 0 Å². The maximum absolute atomic E-state index is 10.8. The van der Waals surface area contributed by atoms with Crippen molar-refractivity contribution in [2.75, 3.05) is 6.61 Å². The second kappa shape index (κ2) is 5.33. The summed E-state index contributed by atoms with van der Waals surface area (Å²) >= 11 is 0. The number of rotatable bonds is 5. The normalized spacial score (nSPS) is 23.1. The van der Waals surface area contributed by atoms with Crippen molar-refractivity contribution in [3.8, 4) is 0 Å².